The maximum absolute atomic E-state index is 13.6. The molecule has 142 valence electrons. The summed E-state index contributed by atoms with van der Waals surface area (Å²) in [4.78, 5) is 30.4. The third-order valence-corrected chi connectivity index (χ3v) is 5.00. The molecule has 7 heteroatoms. The van der Waals surface area contributed by atoms with Crippen LogP contribution in [0.4, 0.5) is 4.39 Å². The lowest BCUT2D eigenvalue weighted by Gasteiger charge is -2.31. The van der Waals surface area contributed by atoms with Gasteiger partial charge in [-0.1, -0.05) is 29.8 Å². The van der Waals surface area contributed by atoms with Gasteiger partial charge in [0.2, 0.25) is 5.91 Å². The Balaban J connectivity index is 1.44. The lowest BCUT2D eigenvalue weighted by Crippen LogP contribution is -2.43. The van der Waals surface area contributed by atoms with Crippen molar-refractivity contribution in [3.05, 3.63) is 64.7 Å². The van der Waals surface area contributed by atoms with E-state index < -0.39 is 0 Å². The summed E-state index contributed by atoms with van der Waals surface area (Å²) in [5.41, 5.74) is 1.09. The summed E-state index contributed by atoms with van der Waals surface area (Å²) in [5, 5.41) is 3.22. The maximum Gasteiger partial charge on any atom is 0.255 e. The molecule has 2 amide bonds. The molecule has 1 fully saturated rings. The molecule has 1 aromatic carbocycles. The number of likely N-dealkylation sites (tertiary alicyclic amines) is 1. The average Bonchev–Trinajstić information content (AvgIpc) is 2.69. The number of pyridine rings is 1. The minimum Gasteiger partial charge on any atom is -0.356 e. The predicted molar refractivity (Wildman–Crippen MR) is 101 cm³/mol. The molecule has 0 bridgehead atoms. The van der Waals surface area contributed by atoms with Gasteiger partial charge in [-0.05, 0) is 43.0 Å². The van der Waals surface area contributed by atoms with Gasteiger partial charge in [0.05, 0.1) is 5.56 Å². The van der Waals surface area contributed by atoms with Crippen molar-refractivity contribution in [3.8, 4) is 0 Å². The number of amides is 2. The first kappa shape index (κ1) is 19.3. The van der Waals surface area contributed by atoms with Crippen LogP contribution < -0.4 is 5.32 Å². The number of hydrogen-bond acceptors (Lipinski definition) is 3. The van der Waals surface area contributed by atoms with Crippen molar-refractivity contribution in [3.63, 3.8) is 0 Å². The molecule has 5 nitrogen and oxygen atoms in total. The SMILES string of the molecule is O=C(NCCc1ccccc1F)C1CCN(C(=O)c2ccc(Cl)nc2)CC1. The van der Waals surface area contributed by atoms with Crippen LogP contribution in [0.25, 0.3) is 0 Å². The quantitative estimate of drug-likeness (QED) is 0.799. The summed E-state index contributed by atoms with van der Waals surface area (Å²) in [6.45, 7) is 1.44. The number of hydrogen-bond donors (Lipinski definition) is 1. The molecule has 2 aromatic rings. The number of aromatic nitrogens is 1. The molecule has 1 aliphatic heterocycles. The maximum atomic E-state index is 13.6. The van der Waals surface area contributed by atoms with E-state index in [0.717, 1.165) is 0 Å². The largest absolute Gasteiger partial charge is 0.356 e. The highest BCUT2D eigenvalue weighted by atomic mass is 35.5. The first-order chi connectivity index (χ1) is 13.0. The fourth-order valence-electron chi connectivity index (χ4n) is 3.20. The molecule has 0 unspecified atom stereocenters. The van der Waals surface area contributed by atoms with E-state index in [0.29, 0.717) is 55.2 Å². The molecule has 3 rings (SSSR count). The van der Waals surface area contributed by atoms with Crippen molar-refractivity contribution < 1.29 is 14.0 Å². The van der Waals surface area contributed by atoms with Gasteiger partial charge < -0.3 is 10.2 Å². The summed E-state index contributed by atoms with van der Waals surface area (Å²) >= 11 is 5.74. The Labute approximate surface area is 162 Å². The Hall–Kier alpha value is -2.47. The topological polar surface area (TPSA) is 62.3 Å². The van der Waals surface area contributed by atoms with E-state index in [1.807, 2.05) is 0 Å². The molecule has 0 aliphatic carbocycles. The smallest absolute Gasteiger partial charge is 0.255 e. The summed E-state index contributed by atoms with van der Waals surface area (Å²) in [6.07, 6.45) is 3.14. The van der Waals surface area contributed by atoms with Crippen LogP contribution in [-0.2, 0) is 11.2 Å². The van der Waals surface area contributed by atoms with Gasteiger partial charge in [0.1, 0.15) is 11.0 Å². The van der Waals surface area contributed by atoms with Crippen LogP contribution >= 0.6 is 11.6 Å². The molecule has 27 heavy (non-hydrogen) atoms. The number of halogens is 2. The van der Waals surface area contributed by atoms with Crippen LogP contribution in [0, 0.1) is 11.7 Å². The second-order valence-corrected chi connectivity index (χ2v) is 6.96. The second kappa shape index (κ2) is 8.95. The Morgan fingerprint density at radius 2 is 1.93 bits per heavy atom. The van der Waals surface area contributed by atoms with Crippen LogP contribution in [-0.4, -0.2) is 41.3 Å². The van der Waals surface area contributed by atoms with Gasteiger partial charge in [-0.25, -0.2) is 9.37 Å². The van der Waals surface area contributed by atoms with Crippen molar-refractivity contribution in [2.45, 2.75) is 19.3 Å². The fourth-order valence-corrected chi connectivity index (χ4v) is 3.31. The monoisotopic (exact) mass is 389 g/mol. The first-order valence-corrected chi connectivity index (χ1v) is 9.34. The van der Waals surface area contributed by atoms with Gasteiger partial charge >= 0.3 is 0 Å². The van der Waals surface area contributed by atoms with Gasteiger partial charge in [0.15, 0.2) is 0 Å². The molecule has 1 aromatic heterocycles. The summed E-state index contributed by atoms with van der Waals surface area (Å²) < 4.78 is 13.6. The lowest BCUT2D eigenvalue weighted by atomic mass is 9.95. The van der Waals surface area contributed by atoms with Crippen LogP contribution in [0.3, 0.4) is 0 Å². The lowest BCUT2D eigenvalue weighted by molar-refractivity contribution is -0.126. The van der Waals surface area contributed by atoms with Crippen molar-refractivity contribution in [2.24, 2.45) is 5.92 Å². The fraction of sp³-hybridized carbons (Fsp3) is 0.350. The summed E-state index contributed by atoms with van der Waals surface area (Å²) in [5.74, 6) is -0.516. The normalized spacial score (nSPS) is 14.8. The first-order valence-electron chi connectivity index (χ1n) is 8.96. The zero-order valence-corrected chi connectivity index (χ0v) is 15.6. The molecule has 0 spiro atoms. The second-order valence-electron chi connectivity index (χ2n) is 6.57. The molecular weight excluding hydrogens is 369 g/mol. The minimum atomic E-state index is -0.254. The van der Waals surface area contributed by atoms with Crippen molar-refractivity contribution in [1.29, 1.82) is 0 Å². The third kappa shape index (κ3) is 5.04. The third-order valence-electron chi connectivity index (χ3n) is 4.78. The number of carbonyl (C=O) groups is 2. The van der Waals surface area contributed by atoms with E-state index in [-0.39, 0.29) is 23.5 Å². The molecule has 1 aliphatic rings. The van der Waals surface area contributed by atoms with E-state index in [9.17, 15) is 14.0 Å². The highest BCUT2D eigenvalue weighted by molar-refractivity contribution is 6.29. The molecular formula is C20H21ClFN3O2. The zero-order chi connectivity index (χ0) is 19.2. The summed E-state index contributed by atoms with van der Waals surface area (Å²) in [7, 11) is 0. The van der Waals surface area contributed by atoms with Crippen LogP contribution in [0.1, 0.15) is 28.8 Å². The standard InChI is InChI=1S/C20H21ClFN3O2/c21-18-6-5-16(13-24-18)20(27)25-11-8-15(9-12-25)19(26)23-10-7-14-3-1-2-4-17(14)22/h1-6,13,15H,7-12H2,(H,23,26). The summed E-state index contributed by atoms with van der Waals surface area (Å²) in [6, 6.07) is 9.80. The van der Waals surface area contributed by atoms with Crippen LogP contribution in [0.15, 0.2) is 42.6 Å². The average molecular weight is 390 g/mol. The van der Waals surface area contributed by atoms with Crippen molar-refractivity contribution in [1.82, 2.24) is 15.2 Å². The molecule has 1 N–H and O–H groups in total. The Morgan fingerprint density at radius 3 is 2.59 bits per heavy atom. The van der Waals surface area contributed by atoms with E-state index >= 15 is 0 Å². The number of nitrogens with one attached hydrogen (secondary N) is 1. The zero-order valence-electron chi connectivity index (χ0n) is 14.8. The Bertz CT molecular complexity index is 805. The van der Waals surface area contributed by atoms with Gasteiger partial charge in [-0.3, -0.25) is 9.59 Å². The Kier molecular flexibility index (Phi) is 6.40. The van der Waals surface area contributed by atoms with Gasteiger partial charge in [-0.2, -0.15) is 0 Å². The predicted octanol–water partition coefficient (Wildman–Crippen LogP) is 3.09. The molecule has 0 atom stereocenters. The minimum absolute atomic E-state index is 0.0356. The van der Waals surface area contributed by atoms with Gasteiger partial charge in [0.25, 0.3) is 5.91 Å². The number of benzene rings is 1. The molecule has 0 saturated carbocycles. The molecule has 2 heterocycles. The van der Waals surface area contributed by atoms with E-state index in [4.69, 9.17) is 11.6 Å². The molecule has 0 radical (unpaired) electrons. The van der Waals surface area contributed by atoms with Crippen molar-refractivity contribution in [2.75, 3.05) is 19.6 Å². The van der Waals surface area contributed by atoms with Gasteiger partial charge in [-0.15, -0.1) is 0 Å². The van der Waals surface area contributed by atoms with E-state index in [2.05, 4.69) is 10.3 Å². The van der Waals surface area contributed by atoms with Gasteiger partial charge in [0, 0.05) is 31.7 Å². The number of piperidine rings is 1. The highest BCUT2D eigenvalue weighted by Gasteiger charge is 2.27. The molecule has 1 saturated heterocycles. The van der Waals surface area contributed by atoms with Crippen LogP contribution in [0.5, 0.6) is 0 Å². The number of carbonyl (C=O) groups excluding carboxylic acids is 2. The van der Waals surface area contributed by atoms with E-state index in [1.54, 1.807) is 35.2 Å². The van der Waals surface area contributed by atoms with E-state index in [1.165, 1.54) is 12.3 Å². The number of nitrogens with zero attached hydrogens (tertiary/aromatic N) is 2. The number of rotatable bonds is 5. The van der Waals surface area contributed by atoms with Crippen LogP contribution in [0.2, 0.25) is 5.15 Å². The Morgan fingerprint density at radius 1 is 1.19 bits per heavy atom. The highest BCUT2D eigenvalue weighted by Crippen LogP contribution is 2.19. The van der Waals surface area contributed by atoms with Crippen molar-refractivity contribution >= 4 is 23.4 Å².